The van der Waals surface area contributed by atoms with Crippen molar-refractivity contribution in [3.63, 3.8) is 0 Å². The van der Waals surface area contributed by atoms with Gasteiger partial charge < -0.3 is 5.73 Å². The fourth-order valence-electron chi connectivity index (χ4n) is 3.18. The van der Waals surface area contributed by atoms with E-state index < -0.39 is 0 Å². The van der Waals surface area contributed by atoms with E-state index in [4.69, 9.17) is 5.73 Å². The summed E-state index contributed by atoms with van der Waals surface area (Å²) >= 11 is 0. The third-order valence-corrected chi connectivity index (χ3v) is 4.74. The minimum atomic E-state index is 0.527. The van der Waals surface area contributed by atoms with Crippen molar-refractivity contribution in [1.29, 1.82) is 0 Å². The highest BCUT2D eigenvalue weighted by Crippen LogP contribution is 2.42. The Balaban J connectivity index is 2.28. The van der Waals surface area contributed by atoms with E-state index in [1.165, 1.54) is 64.2 Å². The number of nitrogens with two attached hydrogens (primary N) is 1. The summed E-state index contributed by atoms with van der Waals surface area (Å²) in [4.78, 5) is 0. The van der Waals surface area contributed by atoms with Crippen molar-refractivity contribution >= 4 is 0 Å². The zero-order valence-electron chi connectivity index (χ0n) is 11.4. The predicted octanol–water partition coefficient (Wildman–Crippen LogP) is 4.50. The lowest BCUT2D eigenvalue weighted by Crippen LogP contribution is -2.34. The largest absolute Gasteiger partial charge is 0.330 e. The van der Waals surface area contributed by atoms with Crippen LogP contribution in [0.5, 0.6) is 0 Å². The maximum atomic E-state index is 6.04. The first kappa shape index (κ1) is 14.0. The highest BCUT2D eigenvalue weighted by atomic mass is 14.6. The molecular weight excluding hydrogens is 194 g/mol. The summed E-state index contributed by atoms with van der Waals surface area (Å²) in [5.41, 5.74) is 6.57. The van der Waals surface area contributed by atoms with Gasteiger partial charge in [-0.1, -0.05) is 46.0 Å². The van der Waals surface area contributed by atoms with Gasteiger partial charge in [-0.3, -0.25) is 0 Å². The molecule has 1 heteroatoms. The first-order valence-electron chi connectivity index (χ1n) is 7.46. The number of unbranched alkanes of at least 4 members (excludes halogenated alkanes) is 3. The molecule has 1 aliphatic rings. The average Bonchev–Trinajstić information content (AvgIpc) is 2.35. The lowest BCUT2D eigenvalue weighted by atomic mass is 9.67. The third kappa shape index (κ3) is 4.08. The zero-order valence-corrected chi connectivity index (χ0v) is 11.4. The van der Waals surface area contributed by atoms with Crippen LogP contribution in [0.4, 0.5) is 0 Å². The molecule has 0 atom stereocenters. The predicted molar refractivity (Wildman–Crippen MR) is 72.5 cm³/mol. The van der Waals surface area contributed by atoms with Gasteiger partial charge in [0.05, 0.1) is 0 Å². The smallest absolute Gasteiger partial charge is 0.00205 e. The standard InChI is InChI=1S/C15H31N/c1-3-5-6-7-10-15(13-16)11-8-14(4-2)9-12-15/h14H,3-13,16H2,1-2H3. The van der Waals surface area contributed by atoms with Gasteiger partial charge in [-0.15, -0.1) is 0 Å². The molecule has 0 aliphatic heterocycles. The molecule has 1 fully saturated rings. The third-order valence-electron chi connectivity index (χ3n) is 4.74. The lowest BCUT2D eigenvalue weighted by Gasteiger charge is -2.39. The Labute approximate surface area is 102 Å². The van der Waals surface area contributed by atoms with Crippen LogP contribution in [0.3, 0.4) is 0 Å². The minimum absolute atomic E-state index is 0.527. The summed E-state index contributed by atoms with van der Waals surface area (Å²) in [5.74, 6) is 0.996. The van der Waals surface area contributed by atoms with Crippen molar-refractivity contribution in [3.8, 4) is 0 Å². The van der Waals surface area contributed by atoms with E-state index in [9.17, 15) is 0 Å². The first-order chi connectivity index (χ1) is 7.76. The second-order valence-corrected chi connectivity index (χ2v) is 5.87. The van der Waals surface area contributed by atoms with Crippen LogP contribution in [0.1, 0.15) is 78.1 Å². The molecule has 0 heterocycles. The van der Waals surface area contributed by atoms with Crippen LogP contribution in [-0.4, -0.2) is 6.54 Å². The van der Waals surface area contributed by atoms with Gasteiger partial charge in [-0.25, -0.2) is 0 Å². The van der Waals surface area contributed by atoms with E-state index in [0.717, 1.165) is 12.5 Å². The molecule has 0 amide bonds. The summed E-state index contributed by atoms with van der Waals surface area (Å²) in [6.07, 6.45) is 14.0. The molecular formula is C15H31N. The summed E-state index contributed by atoms with van der Waals surface area (Å²) in [6, 6.07) is 0. The fourth-order valence-corrected chi connectivity index (χ4v) is 3.18. The zero-order chi connectivity index (χ0) is 11.9. The average molecular weight is 225 g/mol. The minimum Gasteiger partial charge on any atom is -0.330 e. The SMILES string of the molecule is CCCCCCC1(CN)CCC(CC)CC1. The van der Waals surface area contributed by atoms with Crippen LogP contribution in [0.15, 0.2) is 0 Å². The number of rotatable bonds is 7. The van der Waals surface area contributed by atoms with Crippen molar-refractivity contribution in [2.24, 2.45) is 17.1 Å². The van der Waals surface area contributed by atoms with Crippen LogP contribution in [-0.2, 0) is 0 Å². The van der Waals surface area contributed by atoms with Crippen LogP contribution < -0.4 is 5.73 Å². The molecule has 96 valence electrons. The number of hydrogen-bond acceptors (Lipinski definition) is 1. The number of hydrogen-bond donors (Lipinski definition) is 1. The summed E-state index contributed by atoms with van der Waals surface area (Å²) in [6.45, 7) is 5.54. The molecule has 1 rings (SSSR count). The van der Waals surface area contributed by atoms with E-state index in [-0.39, 0.29) is 0 Å². The first-order valence-corrected chi connectivity index (χ1v) is 7.46. The molecule has 16 heavy (non-hydrogen) atoms. The van der Waals surface area contributed by atoms with Gasteiger partial charge >= 0.3 is 0 Å². The van der Waals surface area contributed by atoms with E-state index in [1.807, 2.05) is 0 Å². The van der Waals surface area contributed by atoms with E-state index in [0.29, 0.717) is 5.41 Å². The summed E-state index contributed by atoms with van der Waals surface area (Å²) < 4.78 is 0. The molecule has 1 nitrogen and oxygen atoms in total. The highest BCUT2D eigenvalue weighted by molar-refractivity contribution is 4.86. The van der Waals surface area contributed by atoms with Crippen LogP contribution in [0.25, 0.3) is 0 Å². The van der Waals surface area contributed by atoms with Gasteiger partial charge in [0.1, 0.15) is 0 Å². The molecule has 0 radical (unpaired) electrons. The topological polar surface area (TPSA) is 26.0 Å². The van der Waals surface area contributed by atoms with Gasteiger partial charge in [0, 0.05) is 0 Å². The lowest BCUT2D eigenvalue weighted by molar-refractivity contribution is 0.138. The Bertz CT molecular complexity index is 168. The van der Waals surface area contributed by atoms with Gasteiger partial charge in [-0.05, 0) is 50.0 Å². The van der Waals surface area contributed by atoms with E-state index in [2.05, 4.69) is 13.8 Å². The van der Waals surface area contributed by atoms with Crippen LogP contribution in [0.2, 0.25) is 0 Å². The molecule has 0 aromatic heterocycles. The van der Waals surface area contributed by atoms with Gasteiger partial charge in [0.25, 0.3) is 0 Å². The molecule has 0 bridgehead atoms. The molecule has 0 spiro atoms. The Kier molecular flexibility index (Phi) is 6.41. The van der Waals surface area contributed by atoms with Crippen molar-refractivity contribution in [3.05, 3.63) is 0 Å². The van der Waals surface area contributed by atoms with Gasteiger partial charge in [0.15, 0.2) is 0 Å². The Morgan fingerprint density at radius 1 is 1.06 bits per heavy atom. The summed E-state index contributed by atoms with van der Waals surface area (Å²) in [5, 5.41) is 0. The van der Waals surface area contributed by atoms with Crippen molar-refractivity contribution in [2.75, 3.05) is 6.54 Å². The molecule has 0 unspecified atom stereocenters. The van der Waals surface area contributed by atoms with Crippen LogP contribution >= 0.6 is 0 Å². The van der Waals surface area contributed by atoms with Crippen molar-refractivity contribution < 1.29 is 0 Å². The Morgan fingerprint density at radius 2 is 1.75 bits per heavy atom. The molecule has 0 saturated heterocycles. The second-order valence-electron chi connectivity index (χ2n) is 5.87. The highest BCUT2D eigenvalue weighted by Gasteiger charge is 2.32. The Hall–Kier alpha value is -0.0400. The molecule has 0 aromatic carbocycles. The van der Waals surface area contributed by atoms with Crippen molar-refractivity contribution in [2.45, 2.75) is 78.1 Å². The molecule has 1 aliphatic carbocycles. The van der Waals surface area contributed by atoms with Crippen LogP contribution in [0, 0.1) is 11.3 Å². The monoisotopic (exact) mass is 225 g/mol. The van der Waals surface area contributed by atoms with Gasteiger partial charge in [0.2, 0.25) is 0 Å². The Morgan fingerprint density at radius 3 is 2.25 bits per heavy atom. The fraction of sp³-hybridized carbons (Fsp3) is 1.00. The van der Waals surface area contributed by atoms with Crippen molar-refractivity contribution in [1.82, 2.24) is 0 Å². The van der Waals surface area contributed by atoms with Gasteiger partial charge in [-0.2, -0.15) is 0 Å². The second kappa shape index (κ2) is 7.32. The van der Waals surface area contributed by atoms with E-state index in [1.54, 1.807) is 0 Å². The summed E-state index contributed by atoms with van der Waals surface area (Å²) in [7, 11) is 0. The molecule has 0 aromatic rings. The molecule has 2 N–H and O–H groups in total. The maximum Gasteiger partial charge on any atom is -0.00205 e. The quantitative estimate of drug-likeness (QED) is 0.634. The van der Waals surface area contributed by atoms with E-state index >= 15 is 0 Å². The normalized spacial score (nSPS) is 30.6. The maximum absolute atomic E-state index is 6.04. The molecule has 1 saturated carbocycles.